The summed E-state index contributed by atoms with van der Waals surface area (Å²) in [5.74, 6) is -2.13. The van der Waals surface area contributed by atoms with Crippen LogP contribution in [0.3, 0.4) is 0 Å². The zero-order chi connectivity index (χ0) is 16.4. The maximum Gasteiger partial charge on any atom is 0.267 e. The van der Waals surface area contributed by atoms with Crippen LogP contribution >= 0.6 is 0 Å². The molecule has 1 saturated carbocycles. The Hall–Kier alpha value is -1.90. The Morgan fingerprint density at radius 3 is 2.57 bits per heavy atom. The molecule has 2 aromatic rings. The molecule has 1 aliphatic heterocycles. The molecule has 0 saturated heterocycles. The van der Waals surface area contributed by atoms with Gasteiger partial charge in [0.05, 0.1) is 11.3 Å². The van der Waals surface area contributed by atoms with Crippen molar-refractivity contribution in [1.29, 1.82) is 0 Å². The number of hydrogen-bond acceptors (Lipinski definition) is 4. The van der Waals surface area contributed by atoms with Crippen molar-refractivity contribution in [3.05, 3.63) is 41.2 Å². The molecule has 0 radical (unpaired) electrons. The third kappa shape index (κ3) is 2.25. The maximum atomic E-state index is 14.2. The lowest BCUT2D eigenvalue weighted by molar-refractivity contribution is 0.326. The first-order valence-corrected chi connectivity index (χ1v) is 8.72. The minimum absolute atomic E-state index is 0.0375. The van der Waals surface area contributed by atoms with Crippen molar-refractivity contribution in [1.82, 2.24) is 14.8 Å². The topological polar surface area (TPSA) is 64.8 Å². The van der Waals surface area contributed by atoms with Crippen LogP contribution in [0.2, 0.25) is 0 Å². The molecule has 0 spiro atoms. The normalized spacial score (nSPS) is 24.0. The van der Waals surface area contributed by atoms with Crippen molar-refractivity contribution in [3.8, 4) is 0 Å². The van der Waals surface area contributed by atoms with E-state index < -0.39 is 38.9 Å². The van der Waals surface area contributed by atoms with Gasteiger partial charge >= 0.3 is 0 Å². The van der Waals surface area contributed by atoms with Gasteiger partial charge in [0.1, 0.15) is 0 Å². The van der Waals surface area contributed by atoms with Crippen molar-refractivity contribution in [3.63, 3.8) is 0 Å². The summed E-state index contributed by atoms with van der Waals surface area (Å²) in [6, 6.07) is 2.56. The van der Waals surface area contributed by atoms with Crippen LogP contribution in [0.15, 0.2) is 23.4 Å². The summed E-state index contributed by atoms with van der Waals surface area (Å²) in [6.07, 6.45) is -0.427. The molecule has 4 rings (SSSR count). The Labute approximate surface area is 130 Å². The smallest absolute Gasteiger partial charge is 0.239 e. The van der Waals surface area contributed by atoms with Crippen LogP contribution in [0.25, 0.3) is 0 Å². The van der Waals surface area contributed by atoms with Gasteiger partial charge in [-0.05, 0) is 30.5 Å². The SMILES string of the molecule is O=S(=O)(c1nc2n(n1)[C@H](c1ccc(F)c(F)c1)C[C@@H]2F)C1CC1. The molecule has 122 valence electrons. The number of aromatic nitrogens is 3. The Balaban J connectivity index is 1.77. The van der Waals surface area contributed by atoms with E-state index in [1.54, 1.807) is 0 Å². The summed E-state index contributed by atoms with van der Waals surface area (Å²) in [7, 11) is -3.63. The van der Waals surface area contributed by atoms with E-state index in [4.69, 9.17) is 0 Å². The highest BCUT2D eigenvalue weighted by atomic mass is 32.2. The van der Waals surface area contributed by atoms with E-state index >= 15 is 0 Å². The third-order valence-electron chi connectivity index (χ3n) is 4.19. The minimum atomic E-state index is -3.63. The maximum absolute atomic E-state index is 14.2. The minimum Gasteiger partial charge on any atom is -0.239 e. The highest BCUT2D eigenvalue weighted by Gasteiger charge is 2.43. The second kappa shape index (κ2) is 4.80. The predicted octanol–water partition coefficient (Wildman–Crippen LogP) is 2.50. The second-order valence-corrected chi connectivity index (χ2v) is 7.96. The van der Waals surface area contributed by atoms with Crippen LogP contribution in [0.5, 0.6) is 0 Å². The van der Waals surface area contributed by atoms with E-state index in [2.05, 4.69) is 10.1 Å². The molecule has 1 aromatic carbocycles. The number of alkyl halides is 1. The molecule has 2 atom stereocenters. The highest BCUT2D eigenvalue weighted by molar-refractivity contribution is 7.92. The van der Waals surface area contributed by atoms with Crippen LogP contribution in [-0.4, -0.2) is 28.4 Å². The lowest BCUT2D eigenvalue weighted by Crippen LogP contribution is -2.12. The van der Waals surface area contributed by atoms with Gasteiger partial charge in [-0.15, -0.1) is 5.10 Å². The molecular formula is C14H12F3N3O2S. The quantitative estimate of drug-likeness (QED) is 0.859. The molecule has 23 heavy (non-hydrogen) atoms. The molecule has 0 unspecified atom stereocenters. The summed E-state index contributed by atoms with van der Waals surface area (Å²) in [5, 5.41) is 3.07. The third-order valence-corrected chi connectivity index (χ3v) is 6.22. The van der Waals surface area contributed by atoms with Crippen LogP contribution < -0.4 is 0 Å². The standard InChI is InChI=1S/C14H12F3N3O2S/c15-9-4-1-7(5-10(9)16)12-6-11(17)13-18-14(19-20(12)13)23(21,22)8-2-3-8/h1,4-5,8,11-12H,2-3,6H2/t11-,12-/m0/s1. The lowest BCUT2D eigenvalue weighted by atomic mass is 10.0. The van der Waals surface area contributed by atoms with Crippen LogP contribution in [-0.2, 0) is 9.84 Å². The molecule has 0 N–H and O–H groups in total. The Bertz CT molecular complexity index is 893. The Morgan fingerprint density at radius 1 is 1.17 bits per heavy atom. The van der Waals surface area contributed by atoms with Gasteiger partial charge in [-0.2, -0.15) is 4.98 Å². The zero-order valence-corrected chi connectivity index (χ0v) is 12.6. The van der Waals surface area contributed by atoms with Gasteiger partial charge in [0.15, 0.2) is 23.6 Å². The highest BCUT2D eigenvalue weighted by Crippen LogP contribution is 2.41. The molecule has 1 fully saturated rings. The average molecular weight is 343 g/mol. The predicted molar refractivity (Wildman–Crippen MR) is 73.2 cm³/mol. The van der Waals surface area contributed by atoms with E-state index in [-0.39, 0.29) is 17.4 Å². The van der Waals surface area contributed by atoms with E-state index in [9.17, 15) is 21.6 Å². The molecule has 0 amide bonds. The van der Waals surface area contributed by atoms with Gasteiger partial charge in [0, 0.05) is 6.42 Å². The fourth-order valence-electron chi connectivity index (χ4n) is 2.80. The molecule has 2 aliphatic rings. The summed E-state index contributed by atoms with van der Waals surface area (Å²) < 4.78 is 66.1. The molecular weight excluding hydrogens is 331 g/mol. The second-order valence-electron chi connectivity index (χ2n) is 5.83. The van der Waals surface area contributed by atoms with Crippen molar-refractivity contribution < 1.29 is 21.6 Å². The van der Waals surface area contributed by atoms with Crippen molar-refractivity contribution in [2.45, 2.75) is 41.9 Å². The van der Waals surface area contributed by atoms with E-state index in [0.29, 0.717) is 18.4 Å². The van der Waals surface area contributed by atoms with Crippen LogP contribution in [0.1, 0.15) is 42.9 Å². The van der Waals surface area contributed by atoms with Crippen molar-refractivity contribution in [2.24, 2.45) is 0 Å². The lowest BCUT2D eigenvalue weighted by Gasteiger charge is -2.12. The number of halogens is 3. The molecule has 2 heterocycles. The molecule has 9 heteroatoms. The summed E-state index contributed by atoms with van der Waals surface area (Å²) in [5.41, 5.74) is 0.325. The van der Waals surface area contributed by atoms with Gasteiger partial charge in [0.25, 0.3) is 5.16 Å². The first kappa shape index (κ1) is 14.7. The van der Waals surface area contributed by atoms with E-state index in [1.165, 1.54) is 10.7 Å². The van der Waals surface area contributed by atoms with Crippen molar-refractivity contribution in [2.75, 3.05) is 0 Å². The first-order valence-electron chi connectivity index (χ1n) is 7.17. The Morgan fingerprint density at radius 2 is 1.91 bits per heavy atom. The Kier molecular flexibility index (Phi) is 3.06. The summed E-state index contributed by atoms with van der Waals surface area (Å²) in [4.78, 5) is 3.84. The number of fused-ring (bicyclic) bond motifs is 1. The summed E-state index contributed by atoms with van der Waals surface area (Å²) in [6.45, 7) is 0. The monoisotopic (exact) mass is 343 g/mol. The number of benzene rings is 1. The van der Waals surface area contributed by atoms with Gasteiger partial charge < -0.3 is 0 Å². The zero-order valence-electron chi connectivity index (χ0n) is 11.8. The number of sulfone groups is 1. The van der Waals surface area contributed by atoms with E-state index in [0.717, 1.165) is 12.1 Å². The van der Waals surface area contributed by atoms with Crippen LogP contribution in [0.4, 0.5) is 13.2 Å². The average Bonchev–Trinajstić information content (AvgIpc) is 3.19. The molecule has 1 aromatic heterocycles. The molecule has 0 bridgehead atoms. The van der Waals surface area contributed by atoms with Gasteiger partial charge in [0.2, 0.25) is 9.84 Å². The van der Waals surface area contributed by atoms with Gasteiger partial charge in [-0.25, -0.2) is 26.3 Å². The van der Waals surface area contributed by atoms with Crippen LogP contribution in [0, 0.1) is 11.6 Å². The number of hydrogen-bond donors (Lipinski definition) is 0. The molecule has 5 nitrogen and oxygen atoms in total. The molecule has 1 aliphatic carbocycles. The largest absolute Gasteiger partial charge is 0.267 e. The number of rotatable bonds is 3. The summed E-state index contributed by atoms with van der Waals surface area (Å²) >= 11 is 0. The van der Waals surface area contributed by atoms with Gasteiger partial charge in [-0.3, -0.25) is 0 Å². The first-order chi connectivity index (χ1) is 10.9. The van der Waals surface area contributed by atoms with Gasteiger partial charge in [-0.1, -0.05) is 6.07 Å². The fourth-order valence-corrected chi connectivity index (χ4v) is 4.28. The van der Waals surface area contributed by atoms with Crippen molar-refractivity contribution >= 4 is 9.84 Å². The fraction of sp³-hybridized carbons (Fsp3) is 0.429. The number of nitrogens with zero attached hydrogens (tertiary/aromatic N) is 3. The van der Waals surface area contributed by atoms with E-state index in [1.807, 2.05) is 0 Å².